The molecule has 18 heavy (non-hydrogen) atoms. The first-order chi connectivity index (χ1) is 8.02. The molecule has 0 heterocycles. The molecule has 0 radical (unpaired) electrons. The second-order valence-corrected chi connectivity index (χ2v) is 8.75. The van der Waals surface area contributed by atoms with Crippen LogP contribution in [0.25, 0.3) is 0 Å². The van der Waals surface area contributed by atoms with Gasteiger partial charge in [-0.15, -0.1) is 0 Å². The SMILES string of the molecule is CCCOCCCC(C)(C)NS(=O)(=O)C(C)(C)C. The summed E-state index contributed by atoms with van der Waals surface area (Å²) in [7, 11) is -3.29. The molecule has 0 aliphatic rings. The molecule has 0 saturated heterocycles. The molecule has 0 spiro atoms. The molecule has 0 saturated carbocycles. The second-order valence-electron chi connectivity index (χ2n) is 6.32. The topological polar surface area (TPSA) is 55.4 Å². The summed E-state index contributed by atoms with van der Waals surface area (Å²) in [6, 6.07) is 0. The normalized spacial score (nSPS) is 13.9. The Morgan fingerprint density at radius 2 is 1.61 bits per heavy atom. The Kier molecular flexibility index (Phi) is 6.82. The van der Waals surface area contributed by atoms with Gasteiger partial charge in [0, 0.05) is 18.8 Å². The van der Waals surface area contributed by atoms with Crippen LogP contribution in [0.5, 0.6) is 0 Å². The molecule has 0 atom stereocenters. The molecule has 0 rings (SSSR count). The summed E-state index contributed by atoms with van der Waals surface area (Å²) in [5.74, 6) is 0. The number of sulfonamides is 1. The van der Waals surface area contributed by atoms with Crippen LogP contribution >= 0.6 is 0 Å². The fourth-order valence-electron chi connectivity index (χ4n) is 1.43. The van der Waals surface area contributed by atoms with E-state index in [1.54, 1.807) is 20.8 Å². The predicted octanol–water partition coefficient (Wildman–Crippen LogP) is 2.69. The molecule has 0 aromatic carbocycles. The standard InChI is InChI=1S/C13H29NO3S/c1-7-10-17-11-8-9-13(5,6)14-18(15,16)12(2,3)4/h14H,7-11H2,1-6H3. The first-order valence-electron chi connectivity index (χ1n) is 6.63. The molecule has 0 aromatic heterocycles. The van der Waals surface area contributed by atoms with Gasteiger partial charge in [0.25, 0.3) is 0 Å². The van der Waals surface area contributed by atoms with E-state index in [1.165, 1.54) is 0 Å². The van der Waals surface area contributed by atoms with E-state index in [9.17, 15) is 8.42 Å². The van der Waals surface area contributed by atoms with Crippen molar-refractivity contribution >= 4 is 10.0 Å². The zero-order valence-electron chi connectivity index (χ0n) is 12.7. The molecule has 0 bridgehead atoms. The predicted molar refractivity (Wildman–Crippen MR) is 76.2 cm³/mol. The Balaban J connectivity index is 4.23. The second kappa shape index (κ2) is 6.87. The lowest BCUT2D eigenvalue weighted by atomic mass is 10.0. The number of hydrogen-bond donors (Lipinski definition) is 1. The highest BCUT2D eigenvalue weighted by molar-refractivity contribution is 7.90. The third-order valence-electron chi connectivity index (χ3n) is 2.66. The first-order valence-corrected chi connectivity index (χ1v) is 8.11. The summed E-state index contributed by atoms with van der Waals surface area (Å²) in [5.41, 5.74) is -0.429. The zero-order valence-corrected chi connectivity index (χ0v) is 13.5. The highest BCUT2D eigenvalue weighted by atomic mass is 32.2. The quantitative estimate of drug-likeness (QED) is 0.695. The number of hydrogen-bond acceptors (Lipinski definition) is 3. The van der Waals surface area contributed by atoms with E-state index in [2.05, 4.69) is 11.6 Å². The van der Waals surface area contributed by atoms with Gasteiger partial charge >= 0.3 is 0 Å². The van der Waals surface area contributed by atoms with Crippen LogP contribution in [0, 0.1) is 0 Å². The minimum atomic E-state index is -3.29. The van der Waals surface area contributed by atoms with E-state index < -0.39 is 20.3 Å². The van der Waals surface area contributed by atoms with Crippen molar-refractivity contribution in [2.24, 2.45) is 0 Å². The van der Waals surface area contributed by atoms with Crippen LogP contribution in [0.4, 0.5) is 0 Å². The van der Waals surface area contributed by atoms with E-state index >= 15 is 0 Å². The molecule has 0 aliphatic carbocycles. The van der Waals surface area contributed by atoms with Gasteiger partial charge < -0.3 is 4.74 Å². The van der Waals surface area contributed by atoms with Crippen molar-refractivity contribution in [3.05, 3.63) is 0 Å². The molecule has 1 N–H and O–H groups in total. The van der Waals surface area contributed by atoms with Crippen LogP contribution in [-0.4, -0.2) is 31.9 Å². The highest BCUT2D eigenvalue weighted by Gasteiger charge is 2.33. The van der Waals surface area contributed by atoms with Crippen LogP contribution in [0.3, 0.4) is 0 Å². The maximum absolute atomic E-state index is 12.1. The molecule has 110 valence electrons. The third kappa shape index (κ3) is 6.71. The van der Waals surface area contributed by atoms with Crippen LogP contribution < -0.4 is 4.72 Å². The minimum absolute atomic E-state index is 0.429. The lowest BCUT2D eigenvalue weighted by Crippen LogP contribution is -2.50. The van der Waals surface area contributed by atoms with E-state index in [0.717, 1.165) is 25.9 Å². The summed E-state index contributed by atoms with van der Waals surface area (Å²) >= 11 is 0. The van der Waals surface area contributed by atoms with Gasteiger partial charge in [-0.3, -0.25) is 0 Å². The first kappa shape index (κ1) is 17.9. The summed E-state index contributed by atoms with van der Waals surface area (Å²) in [6.45, 7) is 12.5. The van der Waals surface area contributed by atoms with Crippen molar-refractivity contribution in [1.82, 2.24) is 4.72 Å². The van der Waals surface area contributed by atoms with E-state index in [1.807, 2.05) is 13.8 Å². The van der Waals surface area contributed by atoms with Crippen molar-refractivity contribution in [3.63, 3.8) is 0 Å². The summed E-state index contributed by atoms with van der Waals surface area (Å²) < 4.78 is 31.5. The molecule has 0 aliphatic heterocycles. The number of rotatable bonds is 8. The molecular formula is C13H29NO3S. The van der Waals surface area contributed by atoms with E-state index in [-0.39, 0.29) is 0 Å². The molecule has 4 nitrogen and oxygen atoms in total. The van der Waals surface area contributed by atoms with Crippen LogP contribution in [0.1, 0.15) is 60.8 Å². The maximum Gasteiger partial charge on any atom is 0.217 e. The molecule has 0 aromatic rings. The van der Waals surface area contributed by atoms with Gasteiger partial charge in [0.2, 0.25) is 10.0 Å². The highest BCUT2D eigenvalue weighted by Crippen LogP contribution is 2.19. The van der Waals surface area contributed by atoms with Gasteiger partial charge in [0.1, 0.15) is 0 Å². The molecule has 5 heteroatoms. The molecular weight excluding hydrogens is 250 g/mol. The Labute approximate surface area is 113 Å². The molecule has 0 unspecified atom stereocenters. The van der Waals surface area contributed by atoms with Gasteiger partial charge in [-0.2, -0.15) is 0 Å². The lowest BCUT2D eigenvalue weighted by Gasteiger charge is -2.30. The van der Waals surface area contributed by atoms with Gasteiger partial charge in [-0.1, -0.05) is 6.92 Å². The van der Waals surface area contributed by atoms with Crippen LogP contribution in [0.15, 0.2) is 0 Å². The smallest absolute Gasteiger partial charge is 0.217 e. The number of ether oxygens (including phenoxy) is 1. The van der Waals surface area contributed by atoms with Crippen molar-refractivity contribution in [2.45, 2.75) is 71.1 Å². The van der Waals surface area contributed by atoms with Gasteiger partial charge in [0.05, 0.1) is 4.75 Å². The Bertz CT molecular complexity index is 329. The zero-order chi connectivity index (χ0) is 14.4. The van der Waals surface area contributed by atoms with Crippen LogP contribution in [-0.2, 0) is 14.8 Å². The monoisotopic (exact) mass is 279 g/mol. The average Bonchev–Trinajstić information content (AvgIpc) is 2.13. The third-order valence-corrected chi connectivity index (χ3v) is 5.09. The van der Waals surface area contributed by atoms with Crippen molar-refractivity contribution in [3.8, 4) is 0 Å². The summed E-state index contributed by atoms with van der Waals surface area (Å²) in [4.78, 5) is 0. The fraction of sp³-hybridized carbons (Fsp3) is 1.00. The minimum Gasteiger partial charge on any atom is -0.381 e. The van der Waals surface area contributed by atoms with Crippen LogP contribution in [0.2, 0.25) is 0 Å². The lowest BCUT2D eigenvalue weighted by molar-refractivity contribution is 0.126. The average molecular weight is 279 g/mol. The Hall–Kier alpha value is -0.130. The Morgan fingerprint density at radius 1 is 1.06 bits per heavy atom. The summed E-state index contributed by atoms with van der Waals surface area (Å²) in [6.07, 6.45) is 2.64. The van der Waals surface area contributed by atoms with Crippen molar-refractivity contribution in [2.75, 3.05) is 13.2 Å². The van der Waals surface area contributed by atoms with E-state index in [0.29, 0.717) is 6.61 Å². The fourth-order valence-corrected chi connectivity index (χ4v) is 2.57. The molecule has 0 fully saturated rings. The largest absolute Gasteiger partial charge is 0.381 e. The van der Waals surface area contributed by atoms with Gasteiger partial charge in [-0.25, -0.2) is 13.1 Å². The Morgan fingerprint density at radius 3 is 2.06 bits per heavy atom. The van der Waals surface area contributed by atoms with Crippen molar-refractivity contribution in [1.29, 1.82) is 0 Å². The summed E-state index contributed by atoms with van der Waals surface area (Å²) in [5, 5.41) is 0. The molecule has 0 amide bonds. The van der Waals surface area contributed by atoms with Gasteiger partial charge in [-0.05, 0) is 53.9 Å². The van der Waals surface area contributed by atoms with Crippen molar-refractivity contribution < 1.29 is 13.2 Å². The van der Waals surface area contributed by atoms with Gasteiger partial charge in [0.15, 0.2) is 0 Å². The number of nitrogens with one attached hydrogen (secondary N) is 1. The maximum atomic E-state index is 12.1. The van der Waals surface area contributed by atoms with E-state index in [4.69, 9.17) is 4.74 Å².